The van der Waals surface area contributed by atoms with Gasteiger partial charge in [-0.05, 0) is 55.7 Å². The number of hydrogen-bond donors (Lipinski definition) is 2. The largest absolute Gasteiger partial charge is 0.467 e. The highest BCUT2D eigenvalue weighted by atomic mass is 32.2. The topological polar surface area (TPSA) is 124 Å². The number of halogens is 1. The smallest absolute Gasteiger partial charge is 0.232 e. The summed E-state index contributed by atoms with van der Waals surface area (Å²) in [6, 6.07) is 9.72. The number of nitrogen functional groups attached to an aromatic ring is 1. The van der Waals surface area contributed by atoms with Crippen LogP contribution in [0.1, 0.15) is 30.8 Å². The van der Waals surface area contributed by atoms with E-state index in [-0.39, 0.29) is 11.8 Å². The third kappa shape index (κ3) is 5.28. The van der Waals surface area contributed by atoms with Gasteiger partial charge in [0.2, 0.25) is 17.8 Å². The number of thioether (sulfide) groups is 1. The molecule has 1 aliphatic rings. The molecular formula is C22H24FN9OS. The molecule has 0 bridgehead atoms. The second-order valence-corrected chi connectivity index (χ2v) is 8.79. The average Bonchev–Trinajstić information content (AvgIpc) is 3.50. The van der Waals surface area contributed by atoms with Crippen molar-refractivity contribution >= 4 is 35.3 Å². The number of aromatic nitrogens is 6. The molecule has 3 aromatic heterocycles. The van der Waals surface area contributed by atoms with Crippen molar-refractivity contribution in [3.05, 3.63) is 60.1 Å². The Morgan fingerprint density at radius 2 is 1.85 bits per heavy atom. The maximum atomic E-state index is 13.2. The molecule has 1 aliphatic heterocycles. The van der Waals surface area contributed by atoms with Crippen molar-refractivity contribution in [3.8, 4) is 0 Å². The molecular weight excluding hydrogens is 457 g/mol. The van der Waals surface area contributed by atoms with E-state index in [0.717, 1.165) is 42.8 Å². The Morgan fingerprint density at radius 1 is 1.03 bits per heavy atom. The Bertz CT molecular complexity index is 1220. The third-order valence-electron chi connectivity index (χ3n) is 5.36. The van der Waals surface area contributed by atoms with Crippen molar-refractivity contribution < 1.29 is 8.81 Å². The molecule has 0 unspecified atom stereocenters. The van der Waals surface area contributed by atoms with Crippen LogP contribution in [0.25, 0.3) is 0 Å². The van der Waals surface area contributed by atoms with Gasteiger partial charge < -0.3 is 20.4 Å². The molecule has 10 nitrogen and oxygen atoms in total. The number of rotatable bonds is 8. The normalized spacial score (nSPS) is 13.9. The van der Waals surface area contributed by atoms with Gasteiger partial charge in [0, 0.05) is 18.8 Å². The van der Waals surface area contributed by atoms with Crippen LogP contribution in [-0.2, 0) is 12.3 Å². The molecule has 0 spiro atoms. The number of nitrogens with one attached hydrogen (secondary N) is 1. The summed E-state index contributed by atoms with van der Waals surface area (Å²) in [6.07, 6.45) is 5.18. The number of nitrogens with zero attached hydrogens (tertiary/aromatic N) is 7. The maximum Gasteiger partial charge on any atom is 0.232 e. The third-order valence-corrected chi connectivity index (χ3v) is 6.32. The van der Waals surface area contributed by atoms with E-state index in [1.54, 1.807) is 18.4 Å². The van der Waals surface area contributed by atoms with Crippen LogP contribution in [0.3, 0.4) is 0 Å². The molecule has 0 aliphatic carbocycles. The zero-order chi connectivity index (χ0) is 23.3. The monoisotopic (exact) mass is 481 g/mol. The van der Waals surface area contributed by atoms with Crippen LogP contribution in [0.15, 0.2) is 52.2 Å². The van der Waals surface area contributed by atoms with E-state index in [1.807, 2.05) is 12.1 Å². The van der Waals surface area contributed by atoms with Crippen LogP contribution >= 0.6 is 11.8 Å². The van der Waals surface area contributed by atoms with Crippen LogP contribution in [0, 0.1) is 5.82 Å². The fraction of sp³-hybridized carbons (Fsp3) is 0.318. The lowest BCUT2D eigenvalue weighted by molar-refractivity contribution is 0.479. The molecule has 0 atom stereocenters. The highest BCUT2D eigenvalue weighted by Crippen LogP contribution is 2.27. The first-order chi connectivity index (χ1) is 16.6. The van der Waals surface area contributed by atoms with Crippen LogP contribution in [0.5, 0.6) is 0 Å². The molecule has 4 heterocycles. The minimum atomic E-state index is -0.319. The number of benzene rings is 1. The second-order valence-electron chi connectivity index (χ2n) is 7.85. The van der Waals surface area contributed by atoms with E-state index < -0.39 is 0 Å². The minimum absolute atomic E-state index is 0.0984. The molecule has 0 amide bonds. The SMILES string of the molecule is Nc1nc(CSc2nnc(N3CCCCC3)n2Cc2ccco2)nc(Nc2ccc(F)cc2)n1. The molecule has 176 valence electrons. The highest BCUT2D eigenvalue weighted by molar-refractivity contribution is 7.98. The molecule has 1 saturated heterocycles. The predicted molar refractivity (Wildman–Crippen MR) is 127 cm³/mol. The lowest BCUT2D eigenvalue weighted by atomic mass is 10.1. The fourth-order valence-electron chi connectivity index (χ4n) is 3.76. The van der Waals surface area contributed by atoms with Crippen molar-refractivity contribution in [2.24, 2.45) is 0 Å². The quantitative estimate of drug-likeness (QED) is 0.359. The first-order valence-corrected chi connectivity index (χ1v) is 12.0. The fourth-order valence-corrected chi connectivity index (χ4v) is 4.55. The summed E-state index contributed by atoms with van der Waals surface area (Å²) < 4.78 is 20.8. The van der Waals surface area contributed by atoms with Crippen molar-refractivity contribution in [2.45, 2.75) is 36.7 Å². The Hall–Kier alpha value is -3.67. The van der Waals surface area contributed by atoms with Gasteiger partial charge in [-0.15, -0.1) is 10.2 Å². The zero-order valence-corrected chi connectivity index (χ0v) is 19.2. The summed E-state index contributed by atoms with van der Waals surface area (Å²) in [6.45, 7) is 2.46. The molecule has 1 aromatic carbocycles. The Morgan fingerprint density at radius 3 is 2.62 bits per heavy atom. The average molecular weight is 482 g/mol. The first-order valence-electron chi connectivity index (χ1n) is 11.0. The van der Waals surface area contributed by atoms with Gasteiger partial charge in [-0.3, -0.25) is 4.57 Å². The lowest BCUT2D eigenvalue weighted by Gasteiger charge is -2.27. The Labute approximate surface area is 199 Å². The van der Waals surface area contributed by atoms with Crippen molar-refractivity contribution in [2.75, 3.05) is 29.0 Å². The number of hydrogen-bond acceptors (Lipinski definition) is 10. The molecule has 3 N–H and O–H groups in total. The van der Waals surface area contributed by atoms with Crippen LogP contribution < -0.4 is 16.0 Å². The summed E-state index contributed by atoms with van der Waals surface area (Å²) in [5, 5.41) is 12.7. The molecule has 1 fully saturated rings. The number of piperidine rings is 1. The summed E-state index contributed by atoms with van der Waals surface area (Å²) in [7, 11) is 0. The molecule has 0 saturated carbocycles. The van der Waals surface area contributed by atoms with Gasteiger partial charge in [0.25, 0.3) is 0 Å². The standard InChI is InChI=1S/C22H24FN9OS/c23-15-6-8-16(9-7-15)25-20-27-18(26-19(24)28-20)14-34-22-30-29-21(31-10-2-1-3-11-31)32(22)13-17-5-4-12-33-17/h4-9,12H,1-3,10-11,13-14H2,(H3,24,25,26,27,28). The van der Waals surface area contributed by atoms with Crippen LogP contribution in [0.2, 0.25) is 0 Å². The van der Waals surface area contributed by atoms with Gasteiger partial charge in [0.15, 0.2) is 5.16 Å². The van der Waals surface area contributed by atoms with Crippen molar-refractivity contribution in [1.82, 2.24) is 29.7 Å². The summed E-state index contributed by atoms with van der Waals surface area (Å²) in [5.41, 5.74) is 6.55. The zero-order valence-electron chi connectivity index (χ0n) is 18.4. The minimum Gasteiger partial charge on any atom is -0.467 e. The predicted octanol–water partition coefficient (Wildman–Crippen LogP) is 3.85. The van der Waals surface area contributed by atoms with E-state index in [2.05, 4.69) is 39.9 Å². The summed E-state index contributed by atoms with van der Waals surface area (Å²) in [5.74, 6) is 2.65. The van der Waals surface area contributed by atoms with Gasteiger partial charge >= 0.3 is 0 Å². The first kappa shape index (κ1) is 22.1. The molecule has 34 heavy (non-hydrogen) atoms. The van der Waals surface area contributed by atoms with Gasteiger partial charge in [-0.2, -0.15) is 15.0 Å². The Kier molecular flexibility index (Phi) is 6.56. The lowest BCUT2D eigenvalue weighted by Crippen LogP contribution is -2.32. The Balaban J connectivity index is 1.34. The van der Waals surface area contributed by atoms with Gasteiger partial charge in [-0.1, -0.05) is 11.8 Å². The summed E-state index contributed by atoms with van der Waals surface area (Å²) in [4.78, 5) is 15.1. The summed E-state index contributed by atoms with van der Waals surface area (Å²) >= 11 is 1.47. The van der Waals surface area contributed by atoms with E-state index in [4.69, 9.17) is 10.2 Å². The van der Waals surface area contributed by atoms with E-state index in [1.165, 1.54) is 30.3 Å². The van der Waals surface area contributed by atoms with E-state index in [9.17, 15) is 4.39 Å². The number of furan rings is 1. The molecule has 4 aromatic rings. The van der Waals surface area contributed by atoms with Crippen molar-refractivity contribution in [3.63, 3.8) is 0 Å². The van der Waals surface area contributed by atoms with E-state index >= 15 is 0 Å². The van der Waals surface area contributed by atoms with Gasteiger partial charge in [0.05, 0.1) is 18.6 Å². The van der Waals surface area contributed by atoms with Gasteiger partial charge in [0.1, 0.15) is 17.4 Å². The van der Waals surface area contributed by atoms with Crippen LogP contribution in [-0.4, -0.2) is 42.8 Å². The molecule has 12 heteroatoms. The number of anilines is 4. The number of nitrogens with two attached hydrogens (primary N) is 1. The van der Waals surface area contributed by atoms with E-state index in [0.29, 0.717) is 29.8 Å². The molecule has 0 radical (unpaired) electrons. The second kappa shape index (κ2) is 10.1. The highest BCUT2D eigenvalue weighted by Gasteiger charge is 2.21. The van der Waals surface area contributed by atoms with Crippen molar-refractivity contribution in [1.29, 1.82) is 0 Å². The van der Waals surface area contributed by atoms with Crippen LogP contribution in [0.4, 0.5) is 27.9 Å². The molecule has 5 rings (SSSR count). The maximum absolute atomic E-state index is 13.2. The van der Waals surface area contributed by atoms with Gasteiger partial charge in [-0.25, -0.2) is 4.39 Å².